The van der Waals surface area contributed by atoms with Gasteiger partial charge in [0.2, 0.25) is 0 Å². The van der Waals surface area contributed by atoms with Crippen LogP contribution in [0.4, 0.5) is 0 Å². The molecular weight excluding hydrogens is 110 g/mol. The number of nitrogens with one attached hydrogen (secondary N) is 1. The quantitative estimate of drug-likeness (QED) is 0.596. The smallest absolute Gasteiger partial charge is 0.00668 e. The van der Waals surface area contributed by atoms with E-state index in [4.69, 9.17) is 0 Å². The molecule has 1 aliphatic carbocycles. The molecule has 1 saturated carbocycles. The van der Waals surface area contributed by atoms with Gasteiger partial charge in [0.1, 0.15) is 0 Å². The molecule has 2 atom stereocenters. The second-order valence-electron chi connectivity index (χ2n) is 3.07. The molecule has 9 heavy (non-hydrogen) atoms. The fourth-order valence-corrected chi connectivity index (χ4v) is 1.71. The van der Waals surface area contributed by atoms with Gasteiger partial charge in [-0.1, -0.05) is 13.3 Å². The molecule has 0 saturated heterocycles. The van der Waals surface area contributed by atoms with E-state index in [-0.39, 0.29) is 0 Å². The normalized spacial score (nSPS) is 35.3. The molecule has 1 heteroatoms. The van der Waals surface area contributed by atoms with Crippen LogP contribution in [0.5, 0.6) is 0 Å². The highest BCUT2D eigenvalue weighted by molar-refractivity contribution is 4.78. The second-order valence-corrected chi connectivity index (χ2v) is 3.07. The van der Waals surface area contributed by atoms with Gasteiger partial charge in [0.25, 0.3) is 0 Å². The van der Waals surface area contributed by atoms with E-state index < -0.39 is 0 Å². The van der Waals surface area contributed by atoms with E-state index in [1.807, 2.05) is 0 Å². The van der Waals surface area contributed by atoms with E-state index >= 15 is 0 Å². The molecule has 0 radical (unpaired) electrons. The summed E-state index contributed by atoms with van der Waals surface area (Å²) in [5, 5.41) is 3.33. The zero-order valence-corrected chi connectivity index (χ0v) is 6.48. The van der Waals surface area contributed by atoms with E-state index in [1.54, 1.807) is 0 Å². The van der Waals surface area contributed by atoms with Crippen LogP contribution >= 0.6 is 0 Å². The van der Waals surface area contributed by atoms with E-state index in [0.717, 1.165) is 12.0 Å². The zero-order chi connectivity index (χ0) is 6.69. The van der Waals surface area contributed by atoms with Gasteiger partial charge in [0.15, 0.2) is 0 Å². The molecule has 0 aliphatic heterocycles. The maximum atomic E-state index is 3.33. The molecule has 1 fully saturated rings. The molecule has 0 heterocycles. The predicted molar refractivity (Wildman–Crippen MR) is 40.5 cm³/mol. The monoisotopic (exact) mass is 127 g/mol. The Balaban J connectivity index is 2.20. The molecule has 0 bridgehead atoms. The summed E-state index contributed by atoms with van der Waals surface area (Å²) in [7, 11) is 2.07. The Morgan fingerprint density at radius 1 is 1.44 bits per heavy atom. The standard InChI is InChI=1S/C8H17N/c1-3-7-4-5-8(6-7)9-2/h7-9H,3-6H2,1-2H3/t7-,8-/m0/s1. The van der Waals surface area contributed by atoms with Gasteiger partial charge >= 0.3 is 0 Å². The lowest BCUT2D eigenvalue weighted by molar-refractivity contribution is 0.499. The van der Waals surface area contributed by atoms with Crippen molar-refractivity contribution in [2.24, 2.45) is 5.92 Å². The molecule has 1 nitrogen and oxygen atoms in total. The van der Waals surface area contributed by atoms with Crippen LogP contribution < -0.4 is 5.32 Å². The Morgan fingerprint density at radius 3 is 2.56 bits per heavy atom. The SMILES string of the molecule is CC[C@H]1CC[C@H](NC)C1. The van der Waals surface area contributed by atoms with Crippen LogP contribution in [0.25, 0.3) is 0 Å². The highest BCUT2D eigenvalue weighted by atomic mass is 14.9. The minimum Gasteiger partial charge on any atom is -0.317 e. The van der Waals surface area contributed by atoms with Crippen molar-refractivity contribution in [2.75, 3.05) is 7.05 Å². The first-order valence-electron chi connectivity index (χ1n) is 4.04. The second kappa shape index (κ2) is 3.21. The first-order valence-corrected chi connectivity index (χ1v) is 4.04. The van der Waals surface area contributed by atoms with Crippen LogP contribution in [-0.4, -0.2) is 13.1 Å². The van der Waals surface area contributed by atoms with Crippen molar-refractivity contribution in [1.29, 1.82) is 0 Å². The Bertz CT molecular complexity index is 70.6. The van der Waals surface area contributed by atoms with E-state index in [2.05, 4.69) is 19.3 Å². The van der Waals surface area contributed by atoms with Gasteiger partial charge in [-0.3, -0.25) is 0 Å². The van der Waals surface area contributed by atoms with Crippen molar-refractivity contribution >= 4 is 0 Å². The summed E-state index contributed by atoms with van der Waals surface area (Å²) in [4.78, 5) is 0. The number of hydrogen-bond donors (Lipinski definition) is 1. The topological polar surface area (TPSA) is 12.0 Å². The van der Waals surface area contributed by atoms with Gasteiger partial charge in [0, 0.05) is 6.04 Å². The van der Waals surface area contributed by atoms with Gasteiger partial charge in [-0.2, -0.15) is 0 Å². The van der Waals surface area contributed by atoms with Crippen molar-refractivity contribution in [2.45, 2.75) is 38.6 Å². The minimum atomic E-state index is 0.829. The average molecular weight is 127 g/mol. The minimum absolute atomic E-state index is 0.829. The molecule has 1 N–H and O–H groups in total. The Hall–Kier alpha value is -0.0400. The van der Waals surface area contributed by atoms with Gasteiger partial charge in [-0.15, -0.1) is 0 Å². The molecule has 0 aromatic carbocycles. The van der Waals surface area contributed by atoms with Gasteiger partial charge < -0.3 is 5.32 Å². The fraction of sp³-hybridized carbons (Fsp3) is 1.00. The summed E-state index contributed by atoms with van der Waals surface area (Å²) in [6.45, 7) is 2.29. The largest absolute Gasteiger partial charge is 0.317 e. The number of hydrogen-bond acceptors (Lipinski definition) is 1. The van der Waals surface area contributed by atoms with Crippen molar-refractivity contribution in [3.05, 3.63) is 0 Å². The van der Waals surface area contributed by atoms with E-state index in [9.17, 15) is 0 Å². The van der Waals surface area contributed by atoms with Crippen molar-refractivity contribution in [3.63, 3.8) is 0 Å². The lowest BCUT2D eigenvalue weighted by Crippen LogP contribution is -2.21. The van der Waals surface area contributed by atoms with E-state index in [0.29, 0.717) is 0 Å². The molecular formula is C8H17N. The highest BCUT2D eigenvalue weighted by Gasteiger charge is 2.20. The molecule has 54 valence electrons. The molecule has 0 aromatic rings. The summed E-state index contributed by atoms with van der Waals surface area (Å²) < 4.78 is 0. The summed E-state index contributed by atoms with van der Waals surface area (Å²) in [6, 6.07) is 0.829. The lowest BCUT2D eigenvalue weighted by atomic mass is 10.1. The lowest BCUT2D eigenvalue weighted by Gasteiger charge is -2.06. The van der Waals surface area contributed by atoms with Gasteiger partial charge in [-0.05, 0) is 32.2 Å². The molecule has 1 rings (SSSR count). The molecule has 0 unspecified atom stereocenters. The summed E-state index contributed by atoms with van der Waals surface area (Å²) in [5.74, 6) is 1.02. The Morgan fingerprint density at radius 2 is 2.22 bits per heavy atom. The third-order valence-corrected chi connectivity index (χ3v) is 2.53. The van der Waals surface area contributed by atoms with Crippen molar-refractivity contribution in [3.8, 4) is 0 Å². The summed E-state index contributed by atoms with van der Waals surface area (Å²) in [5.41, 5.74) is 0. The fourth-order valence-electron chi connectivity index (χ4n) is 1.71. The third-order valence-electron chi connectivity index (χ3n) is 2.53. The van der Waals surface area contributed by atoms with Crippen LogP contribution in [0.1, 0.15) is 32.6 Å². The molecule has 1 aliphatic rings. The van der Waals surface area contributed by atoms with Crippen molar-refractivity contribution < 1.29 is 0 Å². The van der Waals surface area contributed by atoms with Crippen LogP contribution in [-0.2, 0) is 0 Å². The van der Waals surface area contributed by atoms with Crippen LogP contribution in [0, 0.1) is 5.92 Å². The maximum Gasteiger partial charge on any atom is 0.00668 e. The predicted octanol–water partition coefficient (Wildman–Crippen LogP) is 1.78. The number of rotatable bonds is 2. The molecule has 0 amide bonds. The van der Waals surface area contributed by atoms with Gasteiger partial charge in [-0.25, -0.2) is 0 Å². The summed E-state index contributed by atoms with van der Waals surface area (Å²) in [6.07, 6.45) is 5.63. The van der Waals surface area contributed by atoms with Crippen LogP contribution in [0.2, 0.25) is 0 Å². The first-order chi connectivity index (χ1) is 4.36. The Kier molecular flexibility index (Phi) is 2.52. The molecule has 0 aromatic heterocycles. The third kappa shape index (κ3) is 1.68. The van der Waals surface area contributed by atoms with E-state index in [1.165, 1.54) is 25.7 Å². The average Bonchev–Trinajstić information content (AvgIpc) is 2.34. The first kappa shape index (κ1) is 7.07. The van der Waals surface area contributed by atoms with Crippen molar-refractivity contribution in [1.82, 2.24) is 5.32 Å². The zero-order valence-electron chi connectivity index (χ0n) is 6.48. The molecule has 0 spiro atoms. The van der Waals surface area contributed by atoms with Crippen LogP contribution in [0.15, 0.2) is 0 Å². The maximum absolute atomic E-state index is 3.33. The Labute approximate surface area is 57.8 Å². The van der Waals surface area contributed by atoms with Gasteiger partial charge in [0.05, 0.1) is 0 Å². The summed E-state index contributed by atoms with van der Waals surface area (Å²) >= 11 is 0. The van der Waals surface area contributed by atoms with Crippen LogP contribution in [0.3, 0.4) is 0 Å². The highest BCUT2D eigenvalue weighted by Crippen LogP contribution is 2.27.